The monoisotopic (exact) mass is 669 g/mol. The first-order valence-electron chi connectivity index (χ1n) is 12.6. The summed E-state index contributed by atoms with van der Waals surface area (Å²) in [7, 11) is 0. The van der Waals surface area contributed by atoms with Gasteiger partial charge in [0.05, 0.1) is 6.07 Å². The van der Waals surface area contributed by atoms with Crippen LogP contribution in [0.25, 0.3) is 33.6 Å². The van der Waals surface area contributed by atoms with E-state index in [1.807, 2.05) is 72.9 Å². The molecule has 0 saturated carbocycles. The van der Waals surface area contributed by atoms with Gasteiger partial charge in [-0.25, -0.2) is 10.5 Å². The van der Waals surface area contributed by atoms with Gasteiger partial charge in [0, 0.05) is 54.3 Å². The minimum Gasteiger partial charge on any atom is -0.305 e. The maximum atomic E-state index is 9.25. The molecule has 0 aliphatic heterocycles. The average Bonchev–Trinajstić information content (AvgIpc) is 3.01. The topological polar surface area (TPSA) is 97.2 Å². The molecule has 0 spiro atoms. The maximum absolute atomic E-state index is 9.25. The van der Waals surface area contributed by atoms with Gasteiger partial charge in [-0.1, -0.05) is 48.5 Å². The minimum atomic E-state index is -2.27. The SMILES string of the molecule is [2H]C([2H])([2H])c1ccc(-c2[c-]cc(C#N)c(C#N)c2C#N)nc1.[Ir].[c-]1ccccc1-c1cc(-c2ccccc2)ccn1. The molecule has 183 valence electrons. The molecule has 5 nitrogen and oxygen atoms in total. The first kappa shape index (κ1) is 23.5. The molecule has 0 bridgehead atoms. The van der Waals surface area contributed by atoms with Gasteiger partial charge in [-0.2, -0.15) is 5.26 Å². The van der Waals surface area contributed by atoms with Crippen molar-refractivity contribution in [2.45, 2.75) is 6.85 Å². The number of aryl methyl sites for hydroxylation is 1. The molecule has 0 fully saturated rings. The summed E-state index contributed by atoms with van der Waals surface area (Å²) in [4.78, 5) is 8.42. The molecule has 5 aromatic rings. The quantitative estimate of drug-likeness (QED) is 0.200. The van der Waals surface area contributed by atoms with Crippen molar-refractivity contribution < 1.29 is 24.2 Å². The molecule has 2 heterocycles. The van der Waals surface area contributed by atoms with E-state index in [2.05, 4.69) is 40.3 Å². The van der Waals surface area contributed by atoms with Crippen LogP contribution in [0.1, 0.15) is 26.4 Å². The fourth-order valence-corrected chi connectivity index (χ4v) is 3.55. The van der Waals surface area contributed by atoms with Crippen molar-refractivity contribution in [3.05, 3.63) is 132 Å². The second kappa shape index (κ2) is 13.4. The smallest absolute Gasteiger partial charge is 0.0815 e. The molecule has 0 atom stereocenters. The molecule has 5 rings (SSSR count). The first-order valence-corrected chi connectivity index (χ1v) is 11.1. The Bertz CT molecular complexity index is 1700. The van der Waals surface area contributed by atoms with Crippen LogP contribution >= 0.6 is 0 Å². The second-order valence-corrected chi connectivity index (χ2v) is 7.67. The summed E-state index contributed by atoms with van der Waals surface area (Å²) in [5.74, 6) is 0. The number of aromatic nitrogens is 2. The number of nitrogens with zero attached hydrogens (tertiary/aromatic N) is 5. The molecule has 1 radical (unpaired) electrons. The molecule has 0 N–H and O–H groups in total. The standard InChI is InChI=1S/C17H12N.C15H7N4.Ir/c1-3-7-14(8-4-1)16-11-12-18-17(13-16)15-9-5-2-6-10-15;1-10-2-5-15(19-9-10)12-4-3-11(6-16)13(7-17)14(12)8-18;/h1-9,11-13H;2-3,5,9H,1H3;/q2*-1;/i;1D3;. The zero-order valence-corrected chi connectivity index (χ0v) is 22.2. The van der Waals surface area contributed by atoms with Gasteiger partial charge in [0.1, 0.15) is 0 Å². The maximum Gasteiger partial charge on any atom is 0.0815 e. The van der Waals surface area contributed by atoms with Crippen LogP contribution in [0.3, 0.4) is 0 Å². The van der Waals surface area contributed by atoms with Crippen LogP contribution in [0.2, 0.25) is 0 Å². The predicted molar refractivity (Wildman–Crippen MR) is 141 cm³/mol. The molecular weight excluding hydrogens is 647 g/mol. The molecule has 0 amide bonds. The molecule has 0 saturated heterocycles. The Kier molecular flexibility index (Phi) is 8.28. The van der Waals surface area contributed by atoms with Crippen molar-refractivity contribution in [3.8, 4) is 51.8 Å². The summed E-state index contributed by atoms with van der Waals surface area (Å²) in [6, 6.07) is 38.0. The number of benzene rings is 3. The van der Waals surface area contributed by atoms with Crippen LogP contribution in [-0.2, 0) is 20.1 Å². The molecular formula is C32H19IrN5-2. The molecule has 3 aromatic carbocycles. The summed E-state index contributed by atoms with van der Waals surface area (Å²) < 4.78 is 21.9. The normalized spacial score (nSPS) is 10.9. The van der Waals surface area contributed by atoms with E-state index < -0.39 is 6.85 Å². The molecule has 6 heteroatoms. The average molecular weight is 669 g/mol. The van der Waals surface area contributed by atoms with Gasteiger partial charge in [-0.05, 0) is 52.1 Å². The minimum absolute atomic E-state index is 0. The second-order valence-electron chi connectivity index (χ2n) is 7.67. The van der Waals surface area contributed by atoms with Gasteiger partial charge < -0.3 is 9.97 Å². The Labute approximate surface area is 239 Å². The molecule has 0 aliphatic carbocycles. The fourth-order valence-electron chi connectivity index (χ4n) is 3.55. The van der Waals surface area contributed by atoms with Crippen molar-refractivity contribution in [1.29, 1.82) is 15.8 Å². The third kappa shape index (κ3) is 6.44. The van der Waals surface area contributed by atoms with E-state index in [4.69, 9.17) is 14.6 Å². The van der Waals surface area contributed by atoms with Gasteiger partial charge in [-0.15, -0.1) is 53.6 Å². The number of hydrogen-bond acceptors (Lipinski definition) is 5. The van der Waals surface area contributed by atoms with Crippen LogP contribution < -0.4 is 0 Å². The largest absolute Gasteiger partial charge is 0.305 e. The van der Waals surface area contributed by atoms with Gasteiger partial charge in [-0.3, -0.25) is 0 Å². The van der Waals surface area contributed by atoms with Gasteiger partial charge in [0.25, 0.3) is 0 Å². The van der Waals surface area contributed by atoms with E-state index in [-0.39, 0.29) is 47.9 Å². The third-order valence-electron chi connectivity index (χ3n) is 5.35. The zero-order chi connectivity index (χ0) is 28.5. The molecule has 0 unspecified atom stereocenters. The molecule has 2 aromatic heterocycles. The van der Waals surface area contributed by atoms with E-state index in [1.54, 1.807) is 0 Å². The van der Waals surface area contributed by atoms with Crippen LogP contribution in [0.5, 0.6) is 0 Å². The molecule has 38 heavy (non-hydrogen) atoms. The zero-order valence-electron chi connectivity index (χ0n) is 22.8. The summed E-state index contributed by atoms with van der Waals surface area (Å²) in [6.45, 7) is -2.27. The van der Waals surface area contributed by atoms with Crippen molar-refractivity contribution >= 4 is 0 Å². The van der Waals surface area contributed by atoms with Crippen LogP contribution in [0.4, 0.5) is 0 Å². The van der Waals surface area contributed by atoms with Gasteiger partial charge >= 0.3 is 0 Å². The Balaban J connectivity index is 0.000000224. The van der Waals surface area contributed by atoms with E-state index in [1.165, 1.54) is 35.5 Å². The van der Waals surface area contributed by atoms with Crippen LogP contribution in [0, 0.1) is 53.0 Å². The Hall–Kier alpha value is -4.92. The van der Waals surface area contributed by atoms with Crippen molar-refractivity contribution in [2.24, 2.45) is 0 Å². The Morgan fingerprint density at radius 2 is 1.55 bits per heavy atom. The predicted octanol–water partition coefficient (Wildman–Crippen LogP) is 6.69. The van der Waals surface area contributed by atoms with E-state index in [9.17, 15) is 5.26 Å². The fraction of sp³-hybridized carbons (Fsp3) is 0.0312. The van der Waals surface area contributed by atoms with Crippen molar-refractivity contribution in [1.82, 2.24) is 9.97 Å². The number of nitriles is 3. The Morgan fingerprint density at radius 1 is 0.763 bits per heavy atom. The summed E-state index contributed by atoms with van der Waals surface area (Å²) in [5.41, 5.74) is 5.02. The third-order valence-corrected chi connectivity index (χ3v) is 5.35. The number of rotatable bonds is 3. The summed E-state index contributed by atoms with van der Waals surface area (Å²) >= 11 is 0. The summed E-state index contributed by atoms with van der Waals surface area (Å²) in [6.07, 6.45) is 3.04. The molecule has 0 aliphatic rings. The van der Waals surface area contributed by atoms with E-state index in [0.29, 0.717) is 5.69 Å². The Morgan fingerprint density at radius 3 is 2.18 bits per heavy atom. The van der Waals surface area contributed by atoms with Crippen molar-refractivity contribution in [2.75, 3.05) is 0 Å². The van der Waals surface area contributed by atoms with Crippen LogP contribution in [0.15, 0.2) is 97.3 Å². The van der Waals surface area contributed by atoms with Gasteiger partial charge in [0.2, 0.25) is 0 Å². The van der Waals surface area contributed by atoms with E-state index in [0.717, 1.165) is 11.3 Å². The van der Waals surface area contributed by atoms with Crippen molar-refractivity contribution in [3.63, 3.8) is 0 Å². The van der Waals surface area contributed by atoms with Gasteiger partial charge in [0.15, 0.2) is 0 Å². The first-order chi connectivity index (χ1) is 19.4. The number of hydrogen-bond donors (Lipinski definition) is 0. The summed E-state index contributed by atoms with van der Waals surface area (Å²) in [5, 5.41) is 27.3. The van der Waals surface area contributed by atoms with E-state index >= 15 is 0 Å². The number of pyridine rings is 2. The van der Waals surface area contributed by atoms with Crippen LogP contribution in [-0.4, -0.2) is 9.97 Å².